The summed E-state index contributed by atoms with van der Waals surface area (Å²) in [6.07, 6.45) is 1.52. The summed E-state index contributed by atoms with van der Waals surface area (Å²) in [5.74, 6) is 4.76. The van der Waals surface area contributed by atoms with E-state index in [0.717, 1.165) is 4.88 Å². The molecule has 0 radical (unpaired) electrons. The lowest BCUT2D eigenvalue weighted by Gasteiger charge is -2.04. The molecule has 1 aromatic carbocycles. The number of nitrogen functional groups attached to an aromatic ring is 1. The molecule has 3 N–H and O–H groups in total. The normalized spacial score (nSPS) is 10.7. The number of amides is 1. The first-order chi connectivity index (χ1) is 10.2. The van der Waals surface area contributed by atoms with Gasteiger partial charge in [-0.25, -0.2) is 10.8 Å². The summed E-state index contributed by atoms with van der Waals surface area (Å²) in [5, 5.41) is 0.580. The smallest absolute Gasteiger partial charge is 0.275 e. The van der Waals surface area contributed by atoms with E-state index >= 15 is 0 Å². The van der Waals surface area contributed by atoms with Gasteiger partial charge in [0.05, 0.1) is 28.7 Å². The molecule has 0 bridgehead atoms. The predicted molar refractivity (Wildman–Crippen MR) is 81.1 cm³/mol. The number of aromatic nitrogens is 2. The second-order valence-electron chi connectivity index (χ2n) is 4.43. The molecule has 0 spiro atoms. The van der Waals surface area contributed by atoms with Gasteiger partial charge in [-0.15, -0.1) is 11.3 Å². The molecule has 0 aliphatic carbocycles. The van der Waals surface area contributed by atoms with Gasteiger partial charge >= 0.3 is 0 Å². The summed E-state index contributed by atoms with van der Waals surface area (Å²) in [4.78, 5) is 29.4. The van der Waals surface area contributed by atoms with Gasteiger partial charge in [-0.05, 0) is 24.3 Å². The van der Waals surface area contributed by atoms with Crippen molar-refractivity contribution in [1.29, 1.82) is 0 Å². The van der Waals surface area contributed by atoms with Crippen molar-refractivity contribution in [3.05, 3.63) is 62.8 Å². The summed E-state index contributed by atoms with van der Waals surface area (Å²) in [5.41, 5.74) is 2.66. The standard InChI is InChI=1S/C14H12N4O2S/c15-17-13(19)12-6-5-9(21-12)7-18-8-16-11-4-2-1-3-10(11)14(18)20/h1-6,8H,7,15H2,(H,17,19). The molecule has 2 heterocycles. The van der Waals surface area contributed by atoms with Gasteiger partial charge in [0.15, 0.2) is 0 Å². The van der Waals surface area contributed by atoms with Gasteiger partial charge < -0.3 is 0 Å². The van der Waals surface area contributed by atoms with E-state index in [2.05, 4.69) is 10.4 Å². The Kier molecular flexibility index (Phi) is 3.51. The lowest BCUT2D eigenvalue weighted by molar-refractivity contribution is 0.0957. The zero-order valence-electron chi connectivity index (χ0n) is 10.9. The van der Waals surface area contributed by atoms with E-state index in [0.29, 0.717) is 22.3 Å². The molecule has 1 amide bonds. The number of nitrogens with two attached hydrogens (primary N) is 1. The Labute approximate surface area is 123 Å². The third-order valence-electron chi connectivity index (χ3n) is 3.07. The first-order valence-electron chi connectivity index (χ1n) is 6.23. The van der Waals surface area contributed by atoms with Crippen molar-refractivity contribution in [2.75, 3.05) is 0 Å². The maximum absolute atomic E-state index is 12.4. The van der Waals surface area contributed by atoms with Crippen molar-refractivity contribution in [3.63, 3.8) is 0 Å². The van der Waals surface area contributed by atoms with Crippen molar-refractivity contribution in [2.45, 2.75) is 6.54 Å². The van der Waals surface area contributed by atoms with Crippen LogP contribution in [0.25, 0.3) is 10.9 Å². The average molecular weight is 300 g/mol. The quantitative estimate of drug-likeness (QED) is 0.431. The maximum atomic E-state index is 12.4. The fourth-order valence-electron chi connectivity index (χ4n) is 2.04. The third kappa shape index (κ3) is 2.56. The lowest BCUT2D eigenvalue weighted by atomic mass is 10.2. The molecular weight excluding hydrogens is 288 g/mol. The minimum atomic E-state index is -0.338. The summed E-state index contributed by atoms with van der Waals surface area (Å²) in [7, 11) is 0. The number of thiophene rings is 1. The number of nitrogens with one attached hydrogen (secondary N) is 1. The molecule has 3 rings (SSSR count). The molecule has 0 aliphatic heterocycles. The van der Waals surface area contributed by atoms with Crippen molar-refractivity contribution in [3.8, 4) is 0 Å². The monoisotopic (exact) mass is 300 g/mol. The molecule has 106 valence electrons. The van der Waals surface area contributed by atoms with Crippen LogP contribution in [0.1, 0.15) is 14.5 Å². The highest BCUT2D eigenvalue weighted by molar-refractivity contribution is 7.14. The zero-order valence-corrected chi connectivity index (χ0v) is 11.8. The molecule has 0 aliphatic rings. The summed E-state index contributed by atoms with van der Waals surface area (Å²) in [6.45, 7) is 0.374. The summed E-state index contributed by atoms with van der Waals surface area (Å²) in [6, 6.07) is 10.7. The van der Waals surface area contributed by atoms with E-state index in [-0.39, 0.29) is 11.5 Å². The first kappa shape index (κ1) is 13.5. The number of para-hydroxylation sites is 1. The largest absolute Gasteiger partial charge is 0.293 e. The van der Waals surface area contributed by atoms with Crippen LogP contribution in [0, 0.1) is 0 Å². The first-order valence-corrected chi connectivity index (χ1v) is 7.04. The maximum Gasteiger partial charge on any atom is 0.275 e. The number of benzene rings is 1. The van der Waals surface area contributed by atoms with Crippen LogP contribution in [-0.4, -0.2) is 15.5 Å². The molecular formula is C14H12N4O2S. The number of carbonyl (C=O) groups is 1. The van der Waals surface area contributed by atoms with E-state index in [9.17, 15) is 9.59 Å². The number of hydrogen-bond donors (Lipinski definition) is 2. The molecule has 0 saturated carbocycles. The Morgan fingerprint density at radius 2 is 2.10 bits per heavy atom. The van der Waals surface area contributed by atoms with Gasteiger partial charge in [0.25, 0.3) is 11.5 Å². The Morgan fingerprint density at radius 3 is 2.90 bits per heavy atom. The third-order valence-corrected chi connectivity index (χ3v) is 4.14. The lowest BCUT2D eigenvalue weighted by Crippen LogP contribution is -2.29. The van der Waals surface area contributed by atoms with Crippen LogP contribution < -0.4 is 16.8 Å². The number of nitrogens with zero attached hydrogens (tertiary/aromatic N) is 2. The van der Waals surface area contributed by atoms with Crippen molar-refractivity contribution < 1.29 is 4.79 Å². The number of carbonyl (C=O) groups excluding carboxylic acids is 1. The molecule has 0 unspecified atom stereocenters. The van der Waals surface area contributed by atoms with E-state index in [1.165, 1.54) is 22.2 Å². The van der Waals surface area contributed by atoms with Gasteiger partial charge in [-0.2, -0.15) is 0 Å². The Balaban J connectivity index is 1.95. The van der Waals surface area contributed by atoms with Crippen LogP contribution in [0.4, 0.5) is 0 Å². The molecule has 21 heavy (non-hydrogen) atoms. The van der Waals surface area contributed by atoms with Crippen LogP contribution in [-0.2, 0) is 6.54 Å². The van der Waals surface area contributed by atoms with Crippen LogP contribution in [0.2, 0.25) is 0 Å². The van der Waals surface area contributed by atoms with Gasteiger partial charge in [0.1, 0.15) is 0 Å². The molecule has 7 heteroatoms. The minimum absolute atomic E-state index is 0.0983. The van der Waals surface area contributed by atoms with E-state index in [1.54, 1.807) is 24.3 Å². The van der Waals surface area contributed by atoms with E-state index in [1.807, 2.05) is 12.1 Å². The SMILES string of the molecule is NNC(=O)c1ccc(Cn2cnc3ccccc3c2=O)s1. The van der Waals surface area contributed by atoms with E-state index in [4.69, 9.17) is 5.84 Å². The molecule has 0 fully saturated rings. The molecule has 0 atom stereocenters. The summed E-state index contributed by atoms with van der Waals surface area (Å²) >= 11 is 1.29. The van der Waals surface area contributed by atoms with Crippen molar-refractivity contribution >= 4 is 28.1 Å². The second-order valence-corrected chi connectivity index (χ2v) is 5.60. The number of rotatable bonds is 3. The zero-order chi connectivity index (χ0) is 14.8. The number of hydrazine groups is 1. The fraction of sp³-hybridized carbons (Fsp3) is 0.0714. The molecule has 3 aromatic rings. The molecule has 2 aromatic heterocycles. The van der Waals surface area contributed by atoms with Crippen molar-refractivity contribution in [1.82, 2.24) is 15.0 Å². The topological polar surface area (TPSA) is 90.0 Å². The fourth-order valence-corrected chi connectivity index (χ4v) is 2.95. The Bertz CT molecular complexity index is 869. The van der Waals surface area contributed by atoms with Gasteiger partial charge in [0.2, 0.25) is 0 Å². The second kappa shape index (κ2) is 5.47. The highest BCUT2D eigenvalue weighted by Gasteiger charge is 2.09. The van der Waals surface area contributed by atoms with Gasteiger partial charge in [0, 0.05) is 4.88 Å². The summed E-state index contributed by atoms with van der Waals surface area (Å²) < 4.78 is 1.53. The van der Waals surface area contributed by atoms with Gasteiger partial charge in [-0.1, -0.05) is 12.1 Å². The average Bonchev–Trinajstić information content (AvgIpc) is 2.98. The minimum Gasteiger partial charge on any atom is -0.293 e. The van der Waals surface area contributed by atoms with E-state index < -0.39 is 0 Å². The van der Waals surface area contributed by atoms with Crippen LogP contribution >= 0.6 is 11.3 Å². The Hall–Kier alpha value is -2.51. The Morgan fingerprint density at radius 1 is 1.29 bits per heavy atom. The molecule has 0 saturated heterocycles. The van der Waals surface area contributed by atoms with Crippen LogP contribution in [0.15, 0.2) is 47.5 Å². The van der Waals surface area contributed by atoms with Crippen LogP contribution in [0.3, 0.4) is 0 Å². The predicted octanol–water partition coefficient (Wildman–Crippen LogP) is 1.11. The number of fused-ring (bicyclic) bond motifs is 1. The van der Waals surface area contributed by atoms with Gasteiger partial charge in [-0.3, -0.25) is 19.6 Å². The van der Waals surface area contributed by atoms with Crippen LogP contribution in [0.5, 0.6) is 0 Å². The van der Waals surface area contributed by atoms with Crippen molar-refractivity contribution in [2.24, 2.45) is 5.84 Å². The highest BCUT2D eigenvalue weighted by Crippen LogP contribution is 2.17. The highest BCUT2D eigenvalue weighted by atomic mass is 32.1. The molecule has 6 nitrogen and oxygen atoms in total. The number of hydrogen-bond acceptors (Lipinski definition) is 5.